The molecule has 0 aliphatic carbocycles. The minimum atomic E-state index is 0.264. The van der Waals surface area contributed by atoms with Gasteiger partial charge in [0, 0.05) is 16.5 Å². The monoisotopic (exact) mass is 263 g/mol. The summed E-state index contributed by atoms with van der Waals surface area (Å²) in [6.45, 7) is 6.07. The summed E-state index contributed by atoms with van der Waals surface area (Å²) in [5, 5.41) is 3.96. The van der Waals surface area contributed by atoms with Crippen molar-refractivity contribution in [1.82, 2.24) is 10.1 Å². The summed E-state index contributed by atoms with van der Waals surface area (Å²) in [6.07, 6.45) is 0. The number of nitrogen functional groups attached to an aromatic ring is 1. The SMILES string of the molecule is Cc1cccc(SCc2noc(C(C)C)n2)c1N. The van der Waals surface area contributed by atoms with Crippen molar-refractivity contribution < 1.29 is 4.52 Å². The van der Waals surface area contributed by atoms with E-state index >= 15 is 0 Å². The van der Waals surface area contributed by atoms with Crippen molar-refractivity contribution in [3.05, 3.63) is 35.5 Å². The van der Waals surface area contributed by atoms with Crippen molar-refractivity contribution >= 4 is 17.4 Å². The number of aromatic nitrogens is 2. The topological polar surface area (TPSA) is 64.9 Å². The summed E-state index contributed by atoms with van der Waals surface area (Å²) in [4.78, 5) is 5.40. The van der Waals surface area contributed by atoms with Crippen LogP contribution in [0.4, 0.5) is 5.69 Å². The van der Waals surface area contributed by atoms with Crippen LogP contribution in [0, 0.1) is 6.92 Å². The van der Waals surface area contributed by atoms with Gasteiger partial charge in [0.15, 0.2) is 5.82 Å². The van der Waals surface area contributed by atoms with Crippen LogP contribution in [0.15, 0.2) is 27.6 Å². The number of benzene rings is 1. The van der Waals surface area contributed by atoms with Crippen LogP contribution < -0.4 is 5.73 Å². The van der Waals surface area contributed by atoms with Gasteiger partial charge in [-0.15, -0.1) is 11.8 Å². The van der Waals surface area contributed by atoms with Crippen LogP contribution in [0.1, 0.15) is 37.0 Å². The van der Waals surface area contributed by atoms with Gasteiger partial charge in [-0.25, -0.2) is 0 Å². The molecule has 0 aliphatic heterocycles. The van der Waals surface area contributed by atoms with E-state index < -0.39 is 0 Å². The summed E-state index contributed by atoms with van der Waals surface area (Å²) < 4.78 is 5.16. The largest absolute Gasteiger partial charge is 0.398 e. The smallest absolute Gasteiger partial charge is 0.229 e. The van der Waals surface area contributed by atoms with E-state index in [9.17, 15) is 0 Å². The second-order valence-corrected chi connectivity index (χ2v) is 5.50. The van der Waals surface area contributed by atoms with Gasteiger partial charge >= 0.3 is 0 Å². The highest BCUT2D eigenvalue weighted by molar-refractivity contribution is 7.98. The fourth-order valence-corrected chi connectivity index (χ4v) is 2.38. The number of rotatable bonds is 4. The summed E-state index contributed by atoms with van der Waals surface area (Å²) in [5.74, 6) is 2.33. The van der Waals surface area contributed by atoms with E-state index in [1.807, 2.05) is 39.0 Å². The van der Waals surface area contributed by atoms with Crippen LogP contribution in [0.25, 0.3) is 0 Å². The van der Waals surface area contributed by atoms with Crippen LogP contribution in [-0.4, -0.2) is 10.1 Å². The van der Waals surface area contributed by atoms with Crippen molar-refractivity contribution in [2.75, 3.05) is 5.73 Å². The van der Waals surface area contributed by atoms with Gasteiger partial charge in [0.05, 0.1) is 5.75 Å². The van der Waals surface area contributed by atoms with Gasteiger partial charge < -0.3 is 10.3 Å². The molecular formula is C13H17N3OS. The van der Waals surface area contributed by atoms with Crippen LogP contribution in [0.5, 0.6) is 0 Å². The molecule has 2 N–H and O–H groups in total. The van der Waals surface area contributed by atoms with Gasteiger partial charge in [-0.1, -0.05) is 31.1 Å². The summed E-state index contributed by atoms with van der Waals surface area (Å²) in [6, 6.07) is 6.02. The first-order valence-electron chi connectivity index (χ1n) is 5.88. The van der Waals surface area contributed by atoms with Crippen LogP contribution >= 0.6 is 11.8 Å². The van der Waals surface area contributed by atoms with E-state index in [1.54, 1.807) is 11.8 Å². The van der Waals surface area contributed by atoms with E-state index in [1.165, 1.54) is 0 Å². The first kappa shape index (κ1) is 13.0. The number of aryl methyl sites for hydroxylation is 1. The first-order chi connectivity index (χ1) is 8.58. The molecule has 2 aromatic rings. The molecule has 0 amide bonds. The minimum Gasteiger partial charge on any atom is -0.398 e. The quantitative estimate of drug-likeness (QED) is 0.676. The summed E-state index contributed by atoms with van der Waals surface area (Å²) >= 11 is 1.63. The molecule has 0 unspecified atom stereocenters. The predicted octanol–water partition coefficient (Wildman–Crippen LogP) is 3.38. The summed E-state index contributed by atoms with van der Waals surface area (Å²) in [7, 11) is 0. The van der Waals surface area contributed by atoms with Gasteiger partial charge in [0.25, 0.3) is 0 Å². The molecule has 18 heavy (non-hydrogen) atoms. The molecule has 0 spiro atoms. The number of hydrogen-bond acceptors (Lipinski definition) is 5. The molecule has 1 heterocycles. The average molecular weight is 263 g/mol. The molecule has 96 valence electrons. The Morgan fingerprint density at radius 2 is 2.17 bits per heavy atom. The Bertz CT molecular complexity index is 537. The third kappa shape index (κ3) is 2.85. The second-order valence-electron chi connectivity index (χ2n) is 4.48. The van der Waals surface area contributed by atoms with Gasteiger partial charge in [0.1, 0.15) is 0 Å². The number of hydrogen-bond donors (Lipinski definition) is 1. The maximum absolute atomic E-state index is 6.02. The highest BCUT2D eigenvalue weighted by Crippen LogP contribution is 2.29. The van der Waals surface area contributed by atoms with E-state index in [2.05, 4.69) is 10.1 Å². The zero-order valence-corrected chi connectivity index (χ0v) is 11.6. The highest BCUT2D eigenvalue weighted by Gasteiger charge is 2.10. The van der Waals surface area contributed by atoms with Crippen molar-refractivity contribution in [3.63, 3.8) is 0 Å². The maximum Gasteiger partial charge on any atom is 0.229 e. The normalized spacial score (nSPS) is 11.1. The number of nitrogens with two attached hydrogens (primary N) is 1. The molecule has 0 radical (unpaired) electrons. The van der Waals surface area contributed by atoms with E-state index in [4.69, 9.17) is 10.3 Å². The molecule has 0 saturated heterocycles. The standard InChI is InChI=1S/C13H17N3OS/c1-8(2)13-15-11(16-17-13)7-18-10-6-4-5-9(3)12(10)14/h4-6,8H,7,14H2,1-3H3. The Morgan fingerprint density at radius 3 is 2.83 bits per heavy atom. The maximum atomic E-state index is 6.02. The van der Waals surface area contributed by atoms with Crippen LogP contribution in [0.2, 0.25) is 0 Å². The molecule has 0 atom stereocenters. The summed E-state index contributed by atoms with van der Waals surface area (Å²) in [5.41, 5.74) is 7.94. The Hall–Kier alpha value is -1.49. The van der Waals surface area contributed by atoms with Crippen molar-refractivity contribution in [3.8, 4) is 0 Å². The van der Waals surface area contributed by atoms with Gasteiger partial charge in [-0.05, 0) is 18.6 Å². The lowest BCUT2D eigenvalue weighted by molar-refractivity contribution is 0.362. The molecule has 5 heteroatoms. The van der Waals surface area contributed by atoms with Gasteiger partial charge in [-0.2, -0.15) is 4.98 Å². The third-order valence-electron chi connectivity index (χ3n) is 2.62. The molecule has 0 fully saturated rings. The lowest BCUT2D eigenvalue weighted by atomic mass is 10.2. The van der Waals surface area contributed by atoms with E-state index in [0.717, 1.165) is 16.1 Å². The van der Waals surface area contributed by atoms with Crippen LogP contribution in [0.3, 0.4) is 0 Å². The molecular weight excluding hydrogens is 246 g/mol. The first-order valence-corrected chi connectivity index (χ1v) is 6.87. The molecule has 0 bridgehead atoms. The number of thioether (sulfide) groups is 1. The fourth-order valence-electron chi connectivity index (χ4n) is 1.48. The average Bonchev–Trinajstić information content (AvgIpc) is 2.80. The number of nitrogens with zero attached hydrogens (tertiary/aromatic N) is 2. The Labute approximate surface area is 111 Å². The Morgan fingerprint density at radius 1 is 1.39 bits per heavy atom. The molecule has 4 nitrogen and oxygen atoms in total. The van der Waals surface area contributed by atoms with E-state index in [0.29, 0.717) is 17.5 Å². The molecule has 2 rings (SSSR count). The minimum absolute atomic E-state index is 0.264. The predicted molar refractivity (Wildman–Crippen MR) is 73.5 cm³/mol. The van der Waals surface area contributed by atoms with Crippen LogP contribution in [-0.2, 0) is 5.75 Å². The number of anilines is 1. The Kier molecular flexibility index (Phi) is 3.91. The lowest BCUT2D eigenvalue weighted by Gasteiger charge is -2.05. The molecule has 0 saturated carbocycles. The second kappa shape index (κ2) is 5.44. The molecule has 0 aliphatic rings. The fraction of sp³-hybridized carbons (Fsp3) is 0.385. The third-order valence-corrected chi connectivity index (χ3v) is 3.69. The molecule has 1 aromatic carbocycles. The van der Waals surface area contributed by atoms with Gasteiger partial charge in [-0.3, -0.25) is 0 Å². The van der Waals surface area contributed by atoms with Crippen molar-refractivity contribution in [1.29, 1.82) is 0 Å². The lowest BCUT2D eigenvalue weighted by Crippen LogP contribution is -1.93. The van der Waals surface area contributed by atoms with Crippen molar-refractivity contribution in [2.45, 2.75) is 37.3 Å². The number of para-hydroxylation sites is 1. The van der Waals surface area contributed by atoms with Crippen molar-refractivity contribution in [2.24, 2.45) is 0 Å². The Balaban J connectivity index is 2.04. The molecule has 1 aromatic heterocycles. The zero-order chi connectivity index (χ0) is 13.1. The zero-order valence-electron chi connectivity index (χ0n) is 10.8. The van der Waals surface area contributed by atoms with E-state index in [-0.39, 0.29) is 5.92 Å². The highest BCUT2D eigenvalue weighted by atomic mass is 32.2. The van der Waals surface area contributed by atoms with Gasteiger partial charge in [0.2, 0.25) is 5.89 Å².